The molecule has 3 nitrogen and oxygen atoms in total. The van der Waals surface area contributed by atoms with E-state index in [0.717, 1.165) is 40.1 Å². The summed E-state index contributed by atoms with van der Waals surface area (Å²) in [6.07, 6.45) is 0.323. The number of rotatable bonds is 5. The lowest BCUT2D eigenvalue weighted by Gasteiger charge is -2.19. The molecule has 2 aromatic rings. The number of nitrogens with one attached hydrogen (secondary N) is 1. The normalized spacial score (nSPS) is 11.9. The van der Waals surface area contributed by atoms with Crippen LogP contribution < -0.4 is 10.1 Å². The number of aryl methyl sites for hydroxylation is 4. The molecule has 23 heavy (non-hydrogen) atoms. The number of anilines is 1. The second kappa shape index (κ2) is 7.32. The number of hydrogen-bond donors (Lipinski definition) is 1. The van der Waals surface area contributed by atoms with Gasteiger partial charge in [-0.15, -0.1) is 0 Å². The third-order valence-corrected chi connectivity index (χ3v) is 4.00. The van der Waals surface area contributed by atoms with Crippen LogP contribution in [0.25, 0.3) is 0 Å². The van der Waals surface area contributed by atoms with E-state index in [1.54, 1.807) is 6.92 Å². The smallest absolute Gasteiger partial charge is 0.265 e. The molecule has 1 amide bonds. The van der Waals surface area contributed by atoms with Gasteiger partial charge >= 0.3 is 0 Å². The van der Waals surface area contributed by atoms with Gasteiger partial charge < -0.3 is 10.1 Å². The van der Waals surface area contributed by atoms with Gasteiger partial charge in [-0.1, -0.05) is 37.3 Å². The molecule has 0 aliphatic heterocycles. The maximum absolute atomic E-state index is 12.5. The molecule has 2 rings (SSSR count). The molecule has 1 N–H and O–H groups in total. The Kier molecular flexibility index (Phi) is 5.43. The summed E-state index contributed by atoms with van der Waals surface area (Å²) in [6, 6.07) is 12.1. The van der Waals surface area contributed by atoms with Crippen molar-refractivity contribution in [3.8, 4) is 5.75 Å². The minimum atomic E-state index is -0.556. The SMILES string of the molecule is CCc1cccc(C)c1NC(=O)[C@@H](C)Oc1cc(C)ccc1C. The summed E-state index contributed by atoms with van der Waals surface area (Å²) >= 11 is 0. The average molecular weight is 311 g/mol. The van der Waals surface area contributed by atoms with Gasteiger partial charge in [0.05, 0.1) is 0 Å². The average Bonchev–Trinajstić information content (AvgIpc) is 2.52. The molecule has 0 saturated carbocycles. The monoisotopic (exact) mass is 311 g/mol. The Hall–Kier alpha value is -2.29. The van der Waals surface area contributed by atoms with Gasteiger partial charge in [0.25, 0.3) is 5.91 Å². The lowest BCUT2D eigenvalue weighted by molar-refractivity contribution is -0.122. The minimum Gasteiger partial charge on any atom is -0.481 e. The summed E-state index contributed by atoms with van der Waals surface area (Å²) in [5.41, 5.74) is 5.25. The van der Waals surface area contributed by atoms with Crippen molar-refractivity contribution in [3.63, 3.8) is 0 Å². The van der Waals surface area contributed by atoms with Crippen molar-refractivity contribution in [2.24, 2.45) is 0 Å². The Morgan fingerprint density at radius 1 is 1.13 bits per heavy atom. The summed E-state index contributed by atoms with van der Waals surface area (Å²) in [4.78, 5) is 12.5. The lowest BCUT2D eigenvalue weighted by atomic mass is 10.1. The fourth-order valence-corrected chi connectivity index (χ4v) is 2.51. The summed E-state index contributed by atoms with van der Waals surface area (Å²) in [5.74, 6) is 0.628. The maximum atomic E-state index is 12.5. The van der Waals surface area contributed by atoms with E-state index in [9.17, 15) is 4.79 Å². The van der Waals surface area contributed by atoms with Crippen LogP contribution in [0.1, 0.15) is 36.1 Å². The third kappa shape index (κ3) is 4.13. The van der Waals surface area contributed by atoms with Crippen LogP contribution in [0.5, 0.6) is 5.75 Å². The highest BCUT2D eigenvalue weighted by Crippen LogP contribution is 2.23. The van der Waals surface area contributed by atoms with Crippen molar-refractivity contribution in [1.29, 1.82) is 0 Å². The Morgan fingerprint density at radius 3 is 2.57 bits per heavy atom. The second-order valence-electron chi connectivity index (χ2n) is 5.98. The Labute approximate surface area is 138 Å². The van der Waals surface area contributed by atoms with E-state index in [1.807, 2.05) is 57.2 Å². The van der Waals surface area contributed by atoms with Gasteiger partial charge in [-0.25, -0.2) is 0 Å². The first-order valence-corrected chi connectivity index (χ1v) is 8.05. The van der Waals surface area contributed by atoms with Crippen LogP contribution in [-0.2, 0) is 11.2 Å². The second-order valence-corrected chi connectivity index (χ2v) is 5.98. The lowest BCUT2D eigenvalue weighted by Crippen LogP contribution is -2.31. The van der Waals surface area contributed by atoms with Crippen molar-refractivity contribution >= 4 is 11.6 Å². The molecule has 3 heteroatoms. The highest BCUT2D eigenvalue weighted by atomic mass is 16.5. The zero-order chi connectivity index (χ0) is 17.0. The Bertz CT molecular complexity index is 707. The molecule has 0 heterocycles. The minimum absolute atomic E-state index is 0.130. The van der Waals surface area contributed by atoms with E-state index in [2.05, 4.69) is 12.2 Å². The predicted molar refractivity (Wildman–Crippen MR) is 95.2 cm³/mol. The van der Waals surface area contributed by atoms with E-state index in [0.29, 0.717) is 0 Å². The molecule has 0 saturated heterocycles. The highest BCUT2D eigenvalue weighted by molar-refractivity contribution is 5.95. The maximum Gasteiger partial charge on any atom is 0.265 e. The van der Waals surface area contributed by atoms with Gasteiger partial charge in [-0.05, 0) is 62.4 Å². The largest absolute Gasteiger partial charge is 0.481 e. The van der Waals surface area contributed by atoms with E-state index in [-0.39, 0.29) is 5.91 Å². The standard InChI is InChI=1S/C20H25NO2/c1-6-17-9-7-8-15(4)19(17)21-20(22)16(5)23-18-12-13(2)10-11-14(18)3/h7-12,16H,6H2,1-5H3,(H,21,22)/t16-/m1/s1. The molecular formula is C20H25NO2. The fourth-order valence-electron chi connectivity index (χ4n) is 2.51. The van der Waals surface area contributed by atoms with Gasteiger partial charge in [-0.2, -0.15) is 0 Å². The highest BCUT2D eigenvalue weighted by Gasteiger charge is 2.18. The van der Waals surface area contributed by atoms with Crippen LogP contribution in [0.2, 0.25) is 0 Å². The van der Waals surface area contributed by atoms with Gasteiger partial charge in [0.15, 0.2) is 6.10 Å². The van der Waals surface area contributed by atoms with Crippen molar-refractivity contribution in [3.05, 3.63) is 58.7 Å². The van der Waals surface area contributed by atoms with Crippen LogP contribution in [0.3, 0.4) is 0 Å². The van der Waals surface area contributed by atoms with Crippen molar-refractivity contribution < 1.29 is 9.53 Å². The van der Waals surface area contributed by atoms with E-state index in [1.165, 1.54) is 0 Å². The molecule has 0 bridgehead atoms. The summed E-state index contributed by atoms with van der Waals surface area (Å²) < 4.78 is 5.86. The molecule has 1 atom stereocenters. The van der Waals surface area contributed by atoms with Crippen LogP contribution in [-0.4, -0.2) is 12.0 Å². The molecule has 122 valence electrons. The predicted octanol–water partition coefficient (Wildman–Crippen LogP) is 4.58. The summed E-state index contributed by atoms with van der Waals surface area (Å²) in [6.45, 7) is 9.86. The third-order valence-electron chi connectivity index (χ3n) is 4.00. The van der Waals surface area contributed by atoms with Crippen LogP contribution >= 0.6 is 0 Å². The first kappa shape index (κ1) is 17.1. The van der Waals surface area contributed by atoms with Crippen molar-refractivity contribution in [2.75, 3.05) is 5.32 Å². The van der Waals surface area contributed by atoms with Gasteiger partial charge in [0, 0.05) is 5.69 Å². The fraction of sp³-hybridized carbons (Fsp3) is 0.350. The van der Waals surface area contributed by atoms with Crippen LogP contribution in [0.4, 0.5) is 5.69 Å². The van der Waals surface area contributed by atoms with Crippen molar-refractivity contribution in [1.82, 2.24) is 0 Å². The first-order valence-electron chi connectivity index (χ1n) is 8.05. The molecule has 0 aromatic heterocycles. The molecule has 0 unspecified atom stereocenters. The molecule has 0 spiro atoms. The number of hydrogen-bond acceptors (Lipinski definition) is 2. The van der Waals surface area contributed by atoms with Gasteiger partial charge in [-0.3, -0.25) is 4.79 Å². The van der Waals surface area contributed by atoms with Gasteiger partial charge in [0.1, 0.15) is 5.75 Å². The molecular weight excluding hydrogens is 286 g/mol. The Balaban J connectivity index is 2.13. The Morgan fingerprint density at radius 2 is 1.87 bits per heavy atom. The number of carbonyl (C=O) groups is 1. The van der Waals surface area contributed by atoms with Crippen LogP contribution in [0.15, 0.2) is 36.4 Å². The van der Waals surface area contributed by atoms with E-state index < -0.39 is 6.10 Å². The number of ether oxygens (including phenoxy) is 1. The van der Waals surface area contributed by atoms with E-state index in [4.69, 9.17) is 4.74 Å². The number of para-hydroxylation sites is 1. The number of benzene rings is 2. The number of amides is 1. The van der Waals surface area contributed by atoms with E-state index >= 15 is 0 Å². The quantitative estimate of drug-likeness (QED) is 0.877. The topological polar surface area (TPSA) is 38.3 Å². The summed E-state index contributed by atoms with van der Waals surface area (Å²) in [5, 5.41) is 3.02. The number of carbonyl (C=O) groups excluding carboxylic acids is 1. The first-order chi connectivity index (χ1) is 10.9. The molecule has 0 fully saturated rings. The molecule has 2 aromatic carbocycles. The zero-order valence-electron chi connectivity index (χ0n) is 14.6. The van der Waals surface area contributed by atoms with Crippen molar-refractivity contribution in [2.45, 2.75) is 47.1 Å². The van der Waals surface area contributed by atoms with Crippen LogP contribution in [0, 0.1) is 20.8 Å². The molecule has 0 aliphatic rings. The van der Waals surface area contributed by atoms with Gasteiger partial charge in [0.2, 0.25) is 0 Å². The summed E-state index contributed by atoms with van der Waals surface area (Å²) in [7, 11) is 0. The molecule has 0 aliphatic carbocycles. The zero-order valence-corrected chi connectivity index (χ0v) is 14.6. The molecule has 0 radical (unpaired) electrons.